The monoisotopic (exact) mass is 315 g/mol. The van der Waals surface area contributed by atoms with Crippen molar-refractivity contribution in [3.8, 4) is 11.5 Å². The Bertz CT molecular complexity index is 461. The van der Waals surface area contributed by atoms with Crippen LogP contribution in [0, 0.1) is 5.41 Å². The average Bonchev–Trinajstić information content (AvgIpc) is 2.38. The van der Waals surface area contributed by atoms with Gasteiger partial charge in [-0.15, -0.1) is 0 Å². The maximum atomic E-state index is 9.50. The normalized spacial score (nSPS) is 13.1. The Kier molecular flexibility index (Phi) is 6.78. The predicted octanol–water partition coefficient (Wildman–Crippen LogP) is 3.24. The van der Waals surface area contributed by atoms with Crippen LogP contribution >= 0.6 is 11.6 Å². The van der Waals surface area contributed by atoms with Gasteiger partial charge >= 0.3 is 0 Å². The molecule has 5 heteroatoms. The summed E-state index contributed by atoms with van der Waals surface area (Å²) in [5.41, 5.74) is 0.985. The maximum absolute atomic E-state index is 9.50. The highest BCUT2D eigenvalue weighted by Crippen LogP contribution is 2.37. The van der Waals surface area contributed by atoms with Crippen LogP contribution in [0.2, 0.25) is 5.02 Å². The first-order valence-corrected chi connectivity index (χ1v) is 7.46. The van der Waals surface area contributed by atoms with Gasteiger partial charge in [0.1, 0.15) is 0 Å². The zero-order valence-electron chi connectivity index (χ0n) is 13.5. The van der Waals surface area contributed by atoms with Crippen molar-refractivity contribution in [1.82, 2.24) is 5.32 Å². The van der Waals surface area contributed by atoms with Crippen molar-refractivity contribution in [2.45, 2.75) is 39.8 Å². The summed E-state index contributed by atoms with van der Waals surface area (Å²) in [6, 6.07) is 3.78. The van der Waals surface area contributed by atoms with E-state index in [9.17, 15) is 5.11 Å². The summed E-state index contributed by atoms with van der Waals surface area (Å²) in [6.45, 7) is 7.50. The minimum Gasteiger partial charge on any atom is -0.493 e. The fraction of sp³-hybridized carbons (Fsp3) is 0.625. The van der Waals surface area contributed by atoms with Gasteiger partial charge in [0.25, 0.3) is 0 Å². The van der Waals surface area contributed by atoms with E-state index in [1.54, 1.807) is 14.2 Å². The van der Waals surface area contributed by atoms with Gasteiger partial charge < -0.3 is 19.9 Å². The summed E-state index contributed by atoms with van der Waals surface area (Å²) < 4.78 is 10.5. The molecule has 0 aliphatic rings. The van der Waals surface area contributed by atoms with E-state index < -0.39 is 0 Å². The lowest BCUT2D eigenvalue weighted by Gasteiger charge is -2.26. The van der Waals surface area contributed by atoms with Gasteiger partial charge in [-0.2, -0.15) is 0 Å². The molecule has 0 fully saturated rings. The van der Waals surface area contributed by atoms with Gasteiger partial charge in [-0.1, -0.05) is 31.5 Å². The molecule has 1 rings (SSSR count). The summed E-state index contributed by atoms with van der Waals surface area (Å²) in [4.78, 5) is 0. The highest BCUT2D eigenvalue weighted by Gasteiger charge is 2.20. The van der Waals surface area contributed by atoms with E-state index in [-0.39, 0.29) is 11.5 Å². The number of hydrogen-bond acceptors (Lipinski definition) is 4. The van der Waals surface area contributed by atoms with E-state index in [0.717, 1.165) is 18.5 Å². The van der Waals surface area contributed by atoms with Gasteiger partial charge in [0.05, 0.1) is 25.3 Å². The topological polar surface area (TPSA) is 50.7 Å². The third kappa shape index (κ3) is 5.38. The smallest absolute Gasteiger partial charge is 0.179 e. The summed E-state index contributed by atoms with van der Waals surface area (Å²) in [5, 5.41) is 13.4. The van der Waals surface area contributed by atoms with Crippen molar-refractivity contribution in [1.29, 1.82) is 0 Å². The lowest BCUT2D eigenvalue weighted by Crippen LogP contribution is -2.31. The lowest BCUT2D eigenvalue weighted by molar-refractivity contribution is 0.128. The molecule has 0 saturated heterocycles. The number of methoxy groups -OCH3 is 2. The number of aliphatic hydroxyl groups excluding tert-OH is 1. The summed E-state index contributed by atoms with van der Waals surface area (Å²) >= 11 is 6.34. The largest absolute Gasteiger partial charge is 0.493 e. The average molecular weight is 316 g/mol. The van der Waals surface area contributed by atoms with Gasteiger partial charge in [-0.25, -0.2) is 0 Å². The number of halogens is 1. The highest BCUT2D eigenvalue weighted by atomic mass is 35.5. The van der Waals surface area contributed by atoms with Crippen LogP contribution in [-0.2, 0) is 6.54 Å². The molecule has 4 nitrogen and oxygen atoms in total. The highest BCUT2D eigenvalue weighted by molar-refractivity contribution is 6.33. The van der Waals surface area contributed by atoms with Crippen molar-refractivity contribution >= 4 is 11.6 Å². The van der Waals surface area contributed by atoms with Crippen LogP contribution in [0.15, 0.2) is 12.1 Å². The third-order valence-electron chi connectivity index (χ3n) is 3.33. The van der Waals surface area contributed by atoms with Gasteiger partial charge in [0, 0.05) is 13.1 Å². The molecule has 0 aromatic heterocycles. The second kappa shape index (κ2) is 7.87. The van der Waals surface area contributed by atoms with Crippen LogP contribution < -0.4 is 14.8 Å². The van der Waals surface area contributed by atoms with E-state index in [1.165, 1.54) is 0 Å². The van der Waals surface area contributed by atoms with E-state index in [1.807, 2.05) is 19.1 Å². The van der Waals surface area contributed by atoms with E-state index in [0.29, 0.717) is 23.1 Å². The SMILES string of the molecule is COc1ccc(CNCC(C)(C)CC(C)O)c(Cl)c1OC. The number of nitrogens with one attached hydrogen (secondary N) is 1. The maximum Gasteiger partial charge on any atom is 0.179 e. The summed E-state index contributed by atoms with van der Waals surface area (Å²) in [7, 11) is 3.16. The Hall–Kier alpha value is -0.970. The Balaban J connectivity index is 2.68. The predicted molar refractivity (Wildman–Crippen MR) is 86.3 cm³/mol. The molecule has 1 aromatic carbocycles. The van der Waals surface area contributed by atoms with Crippen molar-refractivity contribution in [3.63, 3.8) is 0 Å². The quantitative estimate of drug-likeness (QED) is 0.773. The molecule has 2 N–H and O–H groups in total. The molecule has 1 atom stereocenters. The first-order chi connectivity index (χ1) is 9.80. The van der Waals surface area contributed by atoms with E-state index >= 15 is 0 Å². The zero-order valence-corrected chi connectivity index (χ0v) is 14.3. The van der Waals surface area contributed by atoms with Crippen LogP contribution in [0.3, 0.4) is 0 Å². The number of hydrogen-bond donors (Lipinski definition) is 2. The van der Waals surface area contributed by atoms with Crippen LogP contribution in [-0.4, -0.2) is 32.0 Å². The molecular weight excluding hydrogens is 290 g/mol. The molecule has 0 spiro atoms. The Labute approximate surface area is 132 Å². The first kappa shape index (κ1) is 18.1. The molecular formula is C16H26ClNO3. The van der Waals surface area contributed by atoms with Crippen LogP contribution in [0.5, 0.6) is 11.5 Å². The second-order valence-corrected chi connectivity index (χ2v) is 6.47. The number of benzene rings is 1. The standard InChI is InChI=1S/C16H26ClNO3/c1-11(19)8-16(2,3)10-18-9-12-6-7-13(20-4)15(21-5)14(12)17/h6-7,11,18-19H,8-10H2,1-5H3. The van der Waals surface area contributed by atoms with Crippen molar-refractivity contribution in [3.05, 3.63) is 22.7 Å². The minimum absolute atomic E-state index is 0.0250. The van der Waals surface area contributed by atoms with Crippen molar-refractivity contribution < 1.29 is 14.6 Å². The van der Waals surface area contributed by atoms with E-state index in [2.05, 4.69) is 19.2 Å². The lowest BCUT2D eigenvalue weighted by atomic mass is 9.87. The molecule has 1 unspecified atom stereocenters. The molecule has 120 valence electrons. The van der Waals surface area contributed by atoms with Gasteiger partial charge in [0.15, 0.2) is 11.5 Å². The van der Waals surface area contributed by atoms with E-state index in [4.69, 9.17) is 21.1 Å². The molecule has 0 saturated carbocycles. The minimum atomic E-state index is -0.300. The fourth-order valence-electron chi connectivity index (χ4n) is 2.47. The number of aliphatic hydroxyl groups is 1. The first-order valence-electron chi connectivity index (χ1n) is 7.09. The van der Waals surface area contributed by atoms with Crippen molar-refractivity contribution in [2.24, 2.45) is 5.41 Å². The van der Waals surface area contributed by atoms with Gasteiger partial charge in [-0.05, 0) is 30.4 Å². The molecule has 0 heterocycles. The number of ether oxygens (including phenoxy) is 2. The van der Waals surface area contributed by atoms with Crippen LogP contribution in [0.25, 0.3) is 0 Å². The van der Waals surface area contributed by atoms with Gasteiger partial charge in [-0.3, -0.25) is 0 Å². The molecule has 21 heavy (non-hydrogen) atoms. The van der Waals surface area contributed by atoms with Gasteiger partial charge in [0.2, 0.25) is 0 Å². The molecule has 0 radical (unpaired) electrons. The Morgan fingerprint density at radius 3 is 2.48 bits per heavy atom. The molecule has 0 aliphatic heterocycles. The summed E-state index contributed by atoms with van der Waals surface area (Å²) in [5.74, 6) is 1.18. The Morgan fingerprint density at radius 2 is 1.95 bits per heavy atom. The number of rotatable bonds is 8. The second-order valence-electron chi connectivity index (χ2n) is 6.10. The van der Waals surface area contributed by atoms with Crippen molar-refractivity contribution in [2.75, 3.05) is 20.8 Å². The zero-order chi connectivity index (χ0) is 16.0. The molecule has 0 aliphatic carbocycles. The van der Waals surface area contributed by atoms with Crippen LogP contribution in [0.4, 0.5) is 0 Å². The molecule has 0 bridgehead atoms. The fourth-order valence-corrected chi connectivity index (χ4v) is 2.77. The van der Waals surface area contributed by atoms with Crippen LogP contribution in [0.1, 0.15) is 32.8 Å². The summed E-state index contributed by atoms with van der Waals surface area (Å²) in [6.07, 6.45) is 0.450. The molecule has 1 aromatic rings. The molecule has 0 amide bonds. The Morgan fingerprint density at radius 1 is 1.29 bits per heavy atom. The third-order valence-corrected chi connectivity index (χ3v) is 3.75.